The number of halogens is 1. The molecule has 0 radical (unpaired) electrons. The van der Waals surface area contributed by atoms with Gasteiger partial charge in [0.05, 0.1) is 32.3 Å². The summed E-state index contributed by atoms with van der Waals surface area (Å²) in [4.78, 5) is 20.1. The molecule has 6 rings (SSSR count). The SMILES string of the molecule is O=C(O)N1C[C@H](OCc2ccccc2)C2(CN=C(N3CCc4ccccc4[C@@H]3c3ccc(F)cc3)O2)C1. The molecule has 8 heteroatoms. The van der Waals surface area contributed by atoms with E-state index < -0.39 is 17.8 Å². The van der Waals surface area contributed by atoms with E-state index in [4.69, 9.17) is 14.5 Å². The van der Waals surface area contributed by atoms with Gasteiger partial charge in [0.2, 0.25) is 0 Å². The predicted octanol–water partition coefficient (Wildman–Crippen LogP) is 4.48. The lowest BCUT2D eigenvalue weighted by atomic mass is 9.88. The zero-order valence-corrected chi connectivity index (χ0v) is 20.3. The van der Waals surface area contributed by atoms with Gasteiger partial charge in [-0.25, -0.2) is 14.2 Å². The third-order valence-corrected chi connectivity index (χ3v) is 7.49. The highest BCUT2D eigenvalue weighted by Crippen LogP contribution is 2.40. The molecule has 3 atom stereocenters. The van der Waals surface area contributed by atoms with E-state index in [1.54, 1.807) is 12.1 Å². The summed E-state index contributed by atoms with van der Waals surface area (Å²) in [6.45, 7) is 1.73. The summed E-state index contributed by atoms with van der Waals surface area (Å²) < 4.78 is 26.6. The van der Waals surface area contributed by atoms with Gasteiger partial charge in [-0.15, -0.1) is 0 Å². The second-order valence-corrected chi connectivity index (χ2v) is 9.81. The highest BCUT2D eigenvalue weighted by molar-refractivity contribution is 5.78. The number of hydrogen-bond donors (Lipinski definition) is 1. The van der Waals surface area contributed by atoms with Gasteiger partial charge in [-0.1, -0.05) is 66.7 Å². The molecule has 3 aromatic rings. The van der Waals surface area contributed by atoms with Gasteiger partial charge in [0.25, 0.3) is 6.02 Å². The van der Waals surface area contributed by atoms with Crippen LogP contribution in [-0.4, -0.2) is 64.9 Å². The molecule has 0 aromatic heterocycles. The van der Waals surface area contributed by atoms with Crippen LogP contribution in [-0.2, 0) is 22.5 Å². The number of carboxylic acid groups (broad SMARTS) is 1. The van der Waals surface area contributed by atoms with Crippen molar-refractivity contribution in [3.05, 3.63) is 107 Å². The first-order valence-electron chi connectivity index (χ1n) is 12.5. The number of rotatable bonds is 4. The summed E-state index contributed by atoms with van der Waals surface area (Å²) in [5, 5.41) is 9.73. The third-order valence-electron chi connectivity index (χ3n) is 7.49. The normalized spacial score (nSPS) is 24.6. The summed E-state index contributed by atoms with van der Waals surface area (Å²) in [7, 11) is 0. The first-order chi connectivity index (χ1) is 18.0. The Bertz CT molecular complexity index is 1320. The van der Waals surface area contributed by atoms with Crippen LogP contribution in [0.1, 0.15) is 28.3 Å². The number of fused-ring (bicyclic) bond motifs is 1. The molecule has 7 nitrogen and oxygen atoms in total. The number of likely N-dealkylation sites (tertiary alicyclic amines) is 1. The molecule has 3 aliphatic heterocycles. The van der Waals surface area contributed by atoms with Crippen molar-refractivity contribution in [3.63, 3.8) is 0 Å². The van der Waals surface area contributed by atoms with Gasteiger partial charge in [-0.2, -0.15) is 0 Å². The minimum atomic E-state index is -1.00. The second-order valence-electron chi connectivity index (χ2n) is 9.81. The molecule has 0 saturated carbocycles. The fourth-order valence-electron chi connectivity index (χ4n) is 5.60. The van der Waals surface area contributed by atoms with E-state index in [0.29, 0.717) is 25.7 Å². The van der Waals surface area contributed by atoms with E-state index in [2.05, 4.69) is 17.0 Å². The molecule has 1 unspecified atom stereocenters. The number of carbonyl (C=O) groups is 1. The van der Waals surface area contributed by atoms with Gasteiger partial charge in [0.15, 0.2) is 5.60 Å². The third kappa shape index (κ3) is 4.42. The highest BCUT2D eigenvalue weighted by atomic mass is 19.1. The summed E-state index contributed by atoms with van der Waals surface area (Å²) in [6.07, 6.45) is -0.650. The smallest absolute Gasteiger partial charge is 0.407 e. The average molecular weight is 502 g/mol. The summed E-state index contributed by atoms with van der Waals surface area (Å²) in [6, 6.07) is 24.9. The summed E-state index contributed by atoms with van der Waals surface area (Å²) >= 11 is 0. The Hall–Kier alpha value is -3.91. The first-order valence-corrected chi connectivity index (χ1v) is 12.5. The van der Waals surface area contributed by atoms with Gasteiger partial charge in [0.1, 0.15) is 11.9 Å². The molecular formula is C29H28FN3O4. The molecule has 0 aliphatic carbocycles. The van der Waals surface area contributed by atoms with Crippen LogP contribution in [0, 0.1) is 5.82 Å². The van der Waals surface area contributed by atoms with E-state index in [9.17, 15) is 14.3 Å². The van der Waals surface area contributed by atoms with Crippen molar-refractivity contribution >= 4 is 12.1 Å². The van der Waals surface area contributed by atoms with Crippen LogP contribution in [0.3, 0.4) is 0 Å². The average Bonchev–Trinajstić information content (AvgIpc) is 3.52. The Morgan fingerprint density at radius 3 is 2.62 bits per heavy atom. The first kappa shape index (κ1) is 23.5. The second kappa shape index (κ2) is 9.52. The van der Waals surface area contributed by atoms with Crippen LogP contribution < -0.4 is 0 Å². The molecule has 3 aromatic carbocycles. The molecule has 1 amide bonds. The van der Waals surface area contributed by atoms with Crippen LogP contribution in [0.25, 0.3) is 0 Å². The lowest BCUT2D eigenvalue weighted by Crippen LogP contribution is -2.49. The number of benzene rings is 3. The van der Waals surface area contributed by atoms with E-state index in [-0.39, 0.29) is 24.9 Å². The van der Waals surface area contributed by atoms with Crippen molar-refractivity contribution in [3.8, 4) is 0 Å². The minimum absolute atomic E-state index is 0.181. The van der Waals surface area contributed by atoms with Crippen LogP contribution >= 0.6 is 0 Å². The van der Waals surface area contributed by atoms with Gasteiger partial charge in [0, 0.05) is 6.54 Å². The van der Waals surface area contributed by atoms with Crippen LogP contribution in [0.15, 0.2) is 83.9 Å². The quantitative estimate of drug-likeness (QED) is 0.571. The Kier molecular flexibility index (Phi) is 6.04. The largest absolute Gasteiger partial charge is 0.465 e. The van der Waals surface area contributed by atoms with Crippen molar-refractivity contribution in [2.75, 3.05) is 26.2 Å². The van der Waals surface area contributed by atoms with Gasteiger partial charge in [-0.3, -0.25) is 0 Å². The van der Waals surface area contributed by atoms with Gasteiger partial charge >= 0.3 is 6.09 Å². The van der Waals surface area contributed by atoms with E-state index in [1.807, 2.05) is 42.5 Å². The molecule has 37 heavy (non-hydrogen) atoms. The van der Waals surface area contributed by atoms with Crippen molar-refractivity contribution in [1.82, 2.24) is 9.80 Å². The Morgan fingerprint density at radius 2 is 1.84 bits per heavy atom. The van der Waals surface area contributed by atoms with Crippen molar-refractivity contribution < 1.29 is 23.8 Å². The maximum absolute atomic E-state index is 13.8. The predicted molar refractivity (Wildman–Crippen MR) is 136 cm³/mol. The van der Waals surface area contributed by atoms with Gasteiger partial charge < -0.3 is 24.4 Å². The zero-order chi connectivity index (χ0) is 25.4. The molecule has 1 spiro atoms. The fraction of sp³-hybridized carbons (Fsp3) is 0.310. The van der Waals surface area contributed by atoms with E-state index >= 15 is 0 Å². The van der Waals surface area contributed by atoms with Gasteiger partial charge in [-0.05, 0) is 40.8 Å². The monoisotopic (exact) mass is 501 g/mol. The lowest BCUT2D eigenvalue weighted by molar-refractivity contribution is -0.0668. The molecule has 0 bridgehead atoms. The standard InChI is InChI=1S/C29H28FN3O4/c30-23-12-10-22(11-13-23)26-24-9-5-4-8-21(24)14-15-33(26)27-31-18-29(37-27)19-32(28(34)35)16-25(29)36-17-20-6-2-1-3-7-20/h1-13,25-26H,14-19H2,(H,34,35)/t25-,26-,29?/m0/s1. The molecule has 1 saturated heterocycles. The number of amidine groups is 1. The van der Waals surface area contributed by atoms with E-state index in [1.165, 1.54) is 22.6 Å². The van der Waals surface area contributed by atoms with Crippen molar-refractivity contribution in [2.24, 2.45) is 4.99 Å². The molecule has 3 heterocycles. The summed E-state index contributed by atoms with van der Waals surface area (Å²) in [5.41, 5.74) is 3.42. The highest BCUT2D eigenvalue weighted by Gasteiger charge is 2.55. The Labute approximate surface area is 214 Å². The number of hydrogen-bond acceptors (Lipinski definition) is 5. The summed E-state index contributed by atoms with van der Waals surface area (Å²) in [5.74, 6) is -0.286. The molecule has 1 N–H and O–H groups in total. The van der Waals surface area contributed by atoms with E-state index in [0.717, 1.165) is 23.1 Å². The molecule has 3 aliphatic rings. The number of ether oxygens (including phenoxy) is 2. The van der Waals surface area contributed by atoms with Crippen LogP contribution in [0.4, 0.5) is 9.18 Å². The van der Waals surface area contributed by atoms with Crippen molar-refractivity contribution in [1.29, 1.82) is 0 Å². The lowest BCUT2D eigenvalue weighted by Gasteiger charge is -2.39. The number of nitrogens with zero attached hydrogens (tertiary/aromatic N) is 3. The maximum atomic E-state index is 13.8. The molecule has 1 fully saturated rings. The van der Waals surface area contributed by atoms with Crippen molar-refractivity contribution in [2.45, 2.75) is 30.8 Å². The molecular weight excluding hydrogens is 473 g/mol. The fourth-order valence-corrected chi connectivity index (χ4v) is 5.60. The number of aliphatic imine (C=N–C) groups is 1. The minimum Gasteiger partial charge on any atom is -0.465 e. The Balaban J connectivity index is 1.28. The Morgan fingerprint density at radius 1 is 1.08 bits per heavy atom. The van der Waals surface area contributed by atoms with Crippen LogP contribution in [0.5, 0.6) is 0 Å². The molecule has 190 valence electrons. The van der Waals surface area contributed by atoms with Crippen LogP contribution in [0.2, 0.25) is 0 Å². The zero-order valence-electron chi connectivity index (χ0n) is 20.3. The number of amides is 1. The topological polar surface area (TPSA) is 74.6 Å². The maximum Gasteiger partial charge on any atom is 0.407 e.